The molecule has 0 atom stereocenters. The number of aryl methyl sites for hydroxylation is 2. The lowest BCUT2D eigenvalue weighted by Crippen LogP contribution is -2.21. The van der Waals surface area contributed by atoms with E-state index in [4.69, 9.17) is 5.11 Å². The highest BCUT2D eigenvalue weighted by Gasteiger charge is 2.09. The Kier molecular flexibility index (Phi) is 4.18. The lowest BCUT2D eigenvalue weighted by atomic mass is 10.1. The van der Waals surface area contributed by atoms with E-state index in [1.165, 1.54) is 18.5 Å². The van der Waals surface area contributed by atoms with E-state index in [9.17, 15) is 9.59 Å². The van der Waals surface area contributed by atoms with Crippen molar-refractivity contribution >= 4 is 23.4 Å². The van der Waals surface area contributed by atoms with Crippen molar-refractivity contribution in [1.29, 1.82) is 0 Å². The number of amides is 2. The van der Waals surface area contributed by atoms with Gasteiger partial charge in [0.15, 0.2) is 0 Å². The molecule has 0 aliphatic heterocycles. The van der Waals surface area contributed by atoms with Crippen LogP contribution in [0, 0.1) is 13.8 Å². The molecule has 2 amide bonds. The molecule has 1 aromatic heterocycles. The molecule has 0 unspecified atom stereocenters. The molecular weight excluding hydrogens is 270 g/mol. The summed E-state index contributed by atoms with van der Waals surface area (Å²) in [6.45, 7) is 3.80. The number of para-hydroxylation sites is 1. The van der Waals surface area contributed by atoms with Crippen LogP contribution in [-0.4, -0.2) is 22.1 Å². The van der Waals surface area contributed by atoms with Crippen molar-refractivity contribution in [1.82, 2.24) is 4.98 Å². The third kappa shape index (κ3) is 3.56. The summed E-state index contributed by atoms with van der Waals surface area (Å²) < 4.78 is 0. The lowest BCUT2D eigenvalue weighted by molar-refractivity contribution is 0.0696. The molecule has 6 heteroatoms. The van der Waals surface area contributed by atoms with Gasteiger partial charge in [-0.15, -0.1) is 0 Å². The van der Waals surface area contributed by atoms with Crippen LogP contribution in [0.15, 0.2) is 36.7 Å². The molecular formula is C15H15N3O3. The molecule has 0 fully saturated rings. The van der Waals surface area contributed by atoms with Gasteiger partial charge in [-0.3, -0.25) is 4.98 Å². The van der Waals surface area contributed by atoms with Gasteiger partial charge in [-0.25, -0.2) is 9.59 Å². The van der Waals surface area contributed by atoms with Crippen LogP contribution < -0.4 is 10.6 Å². The topological polar surface area (TPSA) is 91.3 Å². The Balaban J connectivity index is 2.12. The van der Waals surface area contributed by atoms with Gasteiger partial charge in [0.1, 0.15) is 0 Å². The van der Waals surface area contributed by atoms with E-state index in [1.54, 1.807) is 0 Å². The third-order valence-electron chi connectivity index (χ3n) is 2.96. The highest BCUT2D eigenvalue weighted by atomic mass is 16.4. The van der Waals surface area contributed by atoms with Gasteiger partial charge in [0, 0.05) is 11.9 Å². The van der Waals surface area contributed by atoms with Crippen molar-refractivity contribution in [3.05, 3.63) is 53.3 Å². The quantitative estimate of drug-likeness (QED) is 0.808. The number of hydrogen-bond acceptors (Lipinski definition) is 3. The van der Waals surface area contributed by atoms with Crippen LogP contribution >= 0.6 is 0 Å². The molecule has 3 N–H and O–H groups in total. The smallest absolute Gasteiger partial charge is 0.337 e. The Labute approximate surface area is 121 Å². The second kappa shape index (κ2) is 6.04. The van der Waals surface area contributed by atoms with Crippen LogP contribution in [0.2, 0.25) is 0 Å². The number of rotatable bonds is 3. The SMILES string of the molecule is Cc1cccc(C)c1NC(=O)Nc1cncc(C(=O)O)c1. The Morgan fingerprint density at radius 2 is 1.76 bits per heavy atom. The number of carbonyl (C=O) groups excluding carboxylic acids is 1. The van der Waals surface area contributed by atoms with Crippen molar-refractivity contribution in [2.24, 2.45) is 0 Å². The summed E-state index contributed by atoms with van der Waals surface area (Å²) in [6, 6.07) is 6.61. The number of anilines is 2. The number of nitrogens with zero attached hydrogens (tertiary/aromatic N) is 1. The van der Waals surface area contributed by atoms with E-state index in [2.05, 4.69) is 15.6 Å². The average Bonchev–Trinajstić information content (AvgIpc) is 2.43. The molecule has 0 aliphatic carbocycles. The van der Waals surface area contributed by atoms with E-state index in [1.807, 2.05) is 32.0 Å². The van der Waals surface area contributed by atoms with E-state index < -0.39 is 12.0 Å². The lowest BCUT2D eigenvalue weighted by Gasteiger charge is -2.12. The molecule has 6 nitrogen and oxygen atoms in total. The zero-order valence-electron chi connectivity index (χ0n) is 11.7. The minimum Gasteiger partial charge on any atom is -0.478 e. The van der Waals surface area contributed by atoms with E-state index in [0.29, 0.717) is 5.69 Å². The fourth-order valence-corrected chi connectivity index (χ4v) is 1.91. The van der Waals surface area contributed by atoms with Gasteiger partial charge >= 0.3 is 12.0 Å². The van der Waals surface area contributed by atoms with Crippen LogP contribution in [0.4, 0.5) is 16.2 Å². The number of hydrogen-bond donors (Lipinski definition) is 3. The standard InChI is InChI=1S/C15H15N3O3/c1-9-4-3-5-10(2)13(9)18-15(21)17-12-6-11(14(19)20)7-16-8-12/h3-8H,1-2H3,(H,19,20)(H2,17,18,21). The Bertz CT molecular complexity index is 678. The minimum absolute atomic E-state index is 0.0138. The molecule has 1 aromatic carbocycles. The minimum atomic E-state index is -1.10. The summed E-state index contributed by atoms with van der Waals surface area (Å²) in [5.74, 6) is -1.10. The summed E-state index contributed by atoms with van der Waals surface area (Å²) in [7, 11) is 0. The fraction of sp³-hybridized carbons (Fsp3) is 0.133. The summed E-state index contributed by atoms with van der Waals surface area (Å²) >= 11 is 0. The van der Waals surface area contributed by atoms with Crippen LogP contribution in [0.3, 0.4) is 0 Å². The first kappa shape index (κ1) is 14.5. The van der Waals surface area contributed by atoms with Gasteiger partial charge in [-0.05, 0) is 31.0 Å². The van der Waals surface area contributed by atoms with E-state index in [0.717, 1.165) is 16.8 Å². The predicted octanol–water partition coefficient (Wildman–Crippen LogP) is 3.04. The number of benzene rings is 1. The number of carbonyl (C=O) groups is 2. The van der Waals surface area contributed by atoms with E-state index in [-0.39, 0.29) is 5.56 Å². The first-order chi connectivity index (χ1) is 9.97. The average molecular weight is 285 g/mol. The zero-order valence-corrected chi connectivity index (χ0v) is 11.7. The van der Waals surface area contributed by atoms with Crippen LogP contribution in [0.25, 0.3) is 0 Å². The number of carboxylic acid groups (broad SMARTS) is 1. The summed E-state index contributed by atoms with van der Waals surface area (Å²) in [5.41, 5.74) is 2.96. The number of pyridine rings is 1. The monoisotopic (exact) mass is 285 g/mol. The molecule has 0 radical (unpaired) electrons. The largest absolute Gasteiger partial charge is 0.478 e. The molecule has 0 saturated heterocycles. The van der Waals surface area contributed by atoms with Crippen LogP contribution in [-0.2, 0) is 0 Å². The van der Waals surface area contributed by atoms with Crippen molar-refractivity contribution in [3.8, 4) is 0 Å². The summed E-state index contributed by atoms with van der Waals surface area (Å²) in [6.07, 6.45) is 2.60. The van der Waals surface area contributed by atoms with Crippen molar-refractivity contribution in [3.63, 3.8) is 0 Å². The Hall–Kier alpha value is -2.89. The maximum absolute atomic E-state index is 12.0. The highest BCUT2D eigenvalue weighted by molar-refractivity contribution is 6.01. The Morgan fingerprint density at radius 1 is 1.10 bits per heavy atom. The molecule has 108 valence electrons. The highest BCUT2D eigenvalue weighted by Crippen LogP contribution is 2.19. The van der Waals surface area contributed by atoms with Crippen LogP contribution in [0.1, 0.15) is 21.5 Å². The molecule has 21 heavy (non-hydrogen) atoms. The molecule has 2 aromatic rings. The zero-order chi connectivity index (χ0) is 15.4. The second-order valence-electron chi connectivity index (χ2n) is 4.61. The molecule has 1 heterocycles. The molecule has 0 saturated carbocycles. The second-order valence-corrected chi connectivity index (χ2v) is 4.61. The fourth-order valence-electron chi connectivity index (χ4n) is 1.91. The van der Waals surface area contributed by atoms with Gasteiger partial charge in [0.05, 0.1) is 17.4 Å². The predicted molar refractivity (Wildman–Crippen MR) is 79.8 cm³/mol. The number of aromatic nitrogens is 1. The molecule has 0 spiro atoms. The number of nitrogens with one attached hydrogen (secondary N) is 2. The number of urea groups is 1. The first-order valence-corrected chi connectivity index (χ1v) is 6.30. The van der Waals surface area contributed by atoms with E-state index >= 15 is 0 Å². The van der Waals surface area contributed by atoms with Crippen LogP contribution in [0.5, 0.6) is 0 Å². The van der Waals surface area contributed by atoms with Gasteiger partial charge in [-0.1, -0.05) is 18.2 Å². The van der Waals surface area contributed by atoms with Gasteiger partial charge in [0.25, 0.3) is 0 Å². The van der Waals surface area contributed by atoms with Gasteiger partial charge in [0.2, 0.25) is 0 Å². The number of carboxylic acids is 1. The summed E-state index contributed by atoms with van der Waals surface area (Å²) in [4.78, 5) is 26.6. The molecule has 0 bridgehead atoms. The van der Waals surface area contributed by atoms with Gasteiger partial charge in [-0.2, -0.15) is 0 Å². The first-order valence-electron chi connectivity index (χ1n) is 6.30. The Morgan fingerprint density at radius 3 is 2.38 bits per heavy atom. The third-order valence-corrected chi connectivity index (χ3v) is 2.96. The summed E-state index contributed by atoms with van der Waals surface area (Å²) in [5, 5.41) is 14.2. The van der Waals surface area contributed by atoms with Crippen molar-refractivity contribution in [2.75, 3.05) is 10.6 Å². The van der Waals surface area contributed by atoms with Crippen molar-refractivity contribution < 1.29 is 14.7 Å². The van der Waals surface area contributed by atoms with Gasteiger partial charge < -0.3 is 15.7 Å². The molecule has 2 rings (SSSR count). The number of aromatic carboxylic acids is 1. The normalized spacial score (nSPS) is 10.0. The molecule has 0 aliphatic rings. The maximum atomic E-state index is 12.0. The van der Waals surface area contributed by atoms with Crippen molar-refractivity contribution in [2.45, 2.75) is 13.8 Å². The maximum Gasteiger partial charge on any atom is 0.337 e.